The summed E-state index contributed by atoms with van der Waals surface area (Å²) in [4.78, 5) is 0. The van der Waals surface area contributed by atoms with Gasteiger partial charge in [0.05, 0.1) is 6.10 Å². The van der Waals surface area contributed by atoms with E-state index in [0.717, 1.165) is 18.2 Å². The number of ether oxygens (including phenoxy) is 1. The largest absolute Gasteiger partial charge is 0.491 e. The number of hydrogen-bond donors (Lipinski definition) is 1. The van der Waals surface area contributed by atoms with Crippen LogP contribution in [0.15, 0.2) is 24.3 Å². The van der Waals surface area contributed by atoms with Gasteiger partial charge in [-0.2, -0.15) is 0 Å². The molecule has 21 heavy (non-hydrogen) atoms. The fourth-order valence-electron chi connectivity index (χ4n) is 3.38. The van der Waals surface area contributed by atoms with Gasteiger partial charge in [-0.3, -0.25) is 0 Å². The van der Waals surface area contributed by atoms with E-state index in [4.69, 9.17) is 4.74 Å². The summed E-state index contributed by atoms with van der Waals surface area (Å²) < 4.78 is 5.87. The molecule has 0 heterocycles. The molecule has 0 aliphatic heterocycles. The van der Waals surface area contributed by atoms with Crippen LogP contribution in [0.25, 0.3) is 0 Å². The van der Waals surface area contributed by atoms with Crippen LogP contribution in [0, 0.1) is 5.92 Å². The molecule has 2 nitrogen and oxygen atoms in total. The van der Waals surface area contributed by atoms with E-state index >= 15 is 0 Å². The molecule has 1 aromatic rings. The molecular formula is C19H31NO. The zero-order valence-electron chi connectivity index (χ0n) is 13.9. The predicted octanol–water partition coefficient (Wildman–Crippen LogP) is 5.09. The molecule has 1 aliphatic carbocycles. The number of hydrogen-bond acceptors (Lipinski definition) is 2. The van der Waals surface area contributed by atoms with Crippen molar-refractivity contribution < 1.29 is 4.74 Å². The van der Waals surface area contributed by atoms with Gasteiger partial charge in [-0.25, -0.2) is 0 Å². The van der Waals surface area contributed by atoms with Crippen molar-refractivity contribution >= 4 is 0 Å². The quantitative estimate of drug-likeness (QED) is 0.754. The van der Waals surface area contributed by atoms with E-state index in [1.807, 2.05) is 0 Å². The molecule has 1 aliphatic rings. The van der Waals surface area contributed by atoms with Crippen molar-refractivity contribution in [3.63, 3.8) is 0 Å². The van der Waals surface area contributed by atoms with Gasteiger partial charge in [0, 0.05) is 6.04 Å². The van der Waals surface area contributed by atoms with Crippen LogP contribution in [-0.2, 0) is 0 Å². The first-order valence-corrected chi connectivity index (χ1v) is 8.70. The van der Waals surface area contributed by atoms with Gasteiger partial charge in [-0.05, 0) is 63.3 Å². The van der Waals surface area contributed by atoms with Crippen LogP contribution in [0.2, 0.25) is 0 Å². The molecule has 0 aromatic heterocycles. The fraction of sp³-hybridized carbons (Fsp3) is 0.684. The van der Waals surface area contributed by atoms with E-state index < -0.39 is 0 Å². The van der Waals surface area contributed by atoms with E-state index in [2.05, 4.69) is 50.4 Å². The first-order chi connectivity index (χ1) is 10.2. The van der Waals surface area contributed by atoms with E-state index in [1.165, 1.54) is 44.1 Å². The molecule has 0 spiro atoms. The third kappa shape index (κ3) is 5.03. The Morgan fingerprint density at radius 3 is 2.62 bits per heavy atom. The molecule has 0 bridgehead atoms. The Hall–Kier alpha value is -1.02. The van der Waals surface area contributed by atoms with Gasteiger partial charge in [-0.1, -0.05) is 38.3 Å². The SMILES string of the molecule is CCCNC(c1cccc(OC(C)C)c1)C1CCCCC1. The van der Waals surface area contributed by atoms with Crippen LogP contribution >= 0.6 is 0 Å². The van der Waals surface area contributed by atoms with Gasteiger partial charge in [0.1, 0.15) is 5.75 Å². The lowest BCUT2D eigenvalue weighted by atomic mass is 9.81. The lowest BCUT2D eigenvalue weighted by molar-refractivity contribution is 0.240. The van der Waals surface area contributed by atoms with Gasteiger partial charge in [-0.15, -0.1) is 0 Å². The Balaban J connectivity index is 2.14. The summed E-state index contributed by atoms with van der Waals surface area (Å²) in [5.74, 6) is 1.78. The van der Waals surface area contributed by atoms with E-state index in [1.54, 1.807) is 0 Å². The van der Waals surface area contributed by atoms with Crippen molar-refractivity contribution in [1.29, 1.82) is 0 Å². The molecule has 0 saturated heterocycles. The van der Waals surface area contributed by atoms with Crippen molar-refractivity contribution in [2.75, 3.05) is 6.54 Å². The molecule has 0 amide bonds. The van der Waals surface area contributed by atoms with E-state index in [0.29, 0.717) is 6.04 Å². The first-order valence-electron chi connectivity index (χ1n) is 8.70. The van der Waals surface area contributed by atoms with Crippen molar-refractivity contribution in [2.24, 2.45) is 5.92 Å². The van der Waals surface area contributed by atoms with Crippen molar-refractivity contribution in [3.8, 4) is 5.75 Å². The van der Waals surface area contributed by atoms with Gasteiger partial charge in [0.2, 0.25) is 0 Å². The Morgan fingerprint density at radius 1 is 1.19 bits per heavy atom. The van der Waals surface area contributed by atoms with Crippen molar-refractivity contribution in [1.82, 2.24) is 5.32 Å². The van der Waals surface area contributed by atoms with Crippen LogP contribution in [0.4, 0.5) is 0 Å². The van der Waals surface area contributed by atoms with E-state index in [-0.39, 0.29) is 6.10 Å². The summed E-state index contributed by atoms with van der Waals surface area (Å²) >= 11 is 0. The maximum Gasteiger partial charge on any atom is 0.120 e. The summed E-state index contributed by atoms with van der Waals surface area (Å²) in [7, 11) is 0. The minimum Gasteiger partial charge on any atom is -0.491 e. The van der Waals surface area contributed by atoms with Gasteiger partial charge < -0.3 is 10.1 Å². The normalized spacial score (nSPS) is 17.9. The van der Waals surface area contributed by atoms with Crippen LogP contribution in [0.1, 0.15) is 70.9 Å². The molecule has 2 heteroatoms. The molecule has 1 fully saturated rings. The Kier molecular flexibility index (Phi) is 6.56. The van der Waals surface area contributed by atoms with Crippen LogP contribution in [0.5, 0.6) is 5.75 Å². The highest BCUT2D eigenvalue weighted by Crippen LogP contribution is 2.35. The third-order valence-corrected chi connectivity index (χ3v) is 4.32. The Labute approximate surface area is 130 Å². The van der Waals surface area contributed by atoms with Crippen molar-refractivity contribution in [2.45, 2.75) is 71.4 Å². The summed E-state index contributed by atoms with van der Waals surface area (Å²) in [5.41, 5.74) is 1.40. The van der Waals surface area contributed by atoms with Crippen LogP contribution < -0.4 is 10.1 Å². The summed E-state index contributed by atoms with van der Waals surface area (Å²) in [5, 5.41) is 3.78. The summed E-state index contributed by atoms with van der Waals surface area (Å²) in [6, 6.07) is 9.19. The van der Waals surface area contributed by atoms with Gasteiger partial charge >= 0.3 is 0 Å². The highest BCUT2D eigenvalue weighted by atomic mass is 16.5. The zero-order chi connectivity index (χ0) is 15.1. The summed E-state index contributed by atoms with van der Waals surface area (Å²) in [6.07, 6.45) is 8.32. The molecule has 1 unspecified atom stereocenters. The second-order valence-electron chi connectivity index (χ2n) is 6.57. The highest BCUT2D eigenvalue weighted by Gasteiger charge is 2.24. The molecular weight excluding hydrogens is 258 g/mol. The lowest BCUT2D eigenvalue weighted by Crippen LogP contribution is -2.30. The Morgan fingerprint density at radius 2 is 1.95 bits per heavy atom. The van der Waals surface area contributed by atoms with Crippen molar-refractivity contribution in [3.05, 3.63) is 29.8 Å². The summed E-state index contributed by atoms with van der Waals surface area (Å²) in [6.45, 7) is 7.50. The molecule has 1 atom stereocenters. The molecule has 2 rings (SSSR count). The molecule has 1 aromatic carbocycles. The minimum absolute atomic E-state index is 0.233. The fourth-order valence-corrected chi connectivity index (χ4v) is 3.38. The minimum atomic E-state index is 0.233. The average Bonchev–Trinajstić information content (AvgIpc) is 2.48. The molecule has 118 valence electrons. The van der Waals surface area contributed by atoms with Gasteiger partial charge in [0.15, 0.2) is 0 Å². The third-order valence-electron chi connectivity index (χ3n) is 4.32. The average molecular weight is 289 g/mol. The lowest BCUT2D eigenvalue weighted by Gasteiger charge is -2.31. The van der Waals surface area contributed by atoms with E-state index in [9.17, 15) is 0 Å². The van der Waals surface area contributed by atoms with Crippen LogP contribution in [-0.4, -0.2) is 12.6 Å². The second kappa shape index (κ2) is 8.43. The second-order valence-corrected chi connectivity index (χ2v) is 6.57. The predicted molar refractivity (Wildman–Crippen MR) is 89.8 cm³/mol. The molecule has 0 radical (unpaired) electrons. The monoisotopic (exact) mass is 289 g/mol. The first kappa shape index (κ1) is 16.4. The topological polar surface area (TPSA) is 21.3 Å². The number of rotatable bonds is 7. The molecule has 1 N–H and O–H groups in total. The maximum atomic E-state index is 5.87. The number of nitrogens with one attached hydrogen (secondary N) is 1. The molecule has 1 saturated carbocycles. The van der Waals surface area contributed by atoms with Gasteiger partial charge in [0.25, 0.3) is 0 Å². The maximum absolute atomic E-state index is 5.87. The zero-order valence-corrected chi connectivity index (χ0v) is 13.9. The standard InChI is InChI=1S/C19H31NO/c1-4-13-20-19(16-9-6-5-7-10-16)17-11-8-12-18(14-17)21-15(2)3/h8,11-12,14-16,19-20H,4-7,9-10,13H2,1-3H3. The smallest absolute Gasteiger partial charge is 0.120 e. The number of benzene rings is 1. The highest BCUT2D eigenvalue weighted by molar-refractivity contribution is 5.31. The Bertz CT molecular complexity index is 410. The van der Waals surface area contributed by atoms with Crippen LogP contribution in [0.3, 0.4) is 0 Å².